The van der Waals surface area contributed by atoms with Gasteiger partial charge in [0.1, 0.15) is 5.00 Å². The standard InChI is InChI=1S/C13H12N2O3S/c1-14-13(18)15-11-9(12(16)17)7-10(19-11)8-5-3-2-4-6-8/h2-7H,1H3,(H,16,17)(H2,14,15,18). The number of rotatable bonds is 3. The minimum Gasteiger partial charge on any atom is -0.478 e. The van der Waals surface area contributed by atoms with Gasteiger partial charge in [-0.2, -0.15) is 0 Å². The Balaban J connectivity index is 2.41. The average Bonchev–Trinajstić information content (AvgIpc) is 2.83. The molecule has 0 saturated heterocycles. The Morgan fingerprint density at radius 3 is 2.47 bits per heavy atom. The van der Waals surface area contributed by atoms with Crippen molar-refractivity contribution in [3.8, 4) is 10.4 Å². The van der Waals surface area contributed by atoms with E-state index in [1.165, 1.54) is 18.4 Å². The predicted octanol–water partition coefficient (Wildman–Crippen LogP) is 2.86. The Bertz CT molecular complexity index is 608. The molecule has 0 bridgehead atoms. The largest absolute Gasteiger partial charge is 0.478 e. The highest BCUT2D eigenvalue weighted by atomic mass is 32.1. The van der Waals surface area contributed by atoms with Crippen LogP contribution in [0.25, 0.3) is 10.4 Å². The number of thiophene rings is 1. The summed E-state index contributed by atoms with van der Waals surface area (Å²) < 4.78 is 0. The minimum atomic E-state index is -1.06. The Morgan fingerprint density at radius 1 is 1.21 bits per heavy atom. The van der Waals surface area contributed by atoms with Crippen LogP contribution in [0.3, 0.4) is 0 Å². The lowest BCUT2D eigenvalue weighted by molar-refractivity contribution is 0.0698. The molecule has 1 aromatic heterocycles. The first-order chi connectivity index (χ1) is 9.11. The molecule has 0 atom stereocenters. The zero-order valence-electron chi connectivity index (χ0n) is 10.1. The van der Waals surface area contributed by atoms with Crippen molar-refractivity contribution in [2.45, 2.75) is 0 Å². The normalized spacial score (nSPS) is 9.95. The van der Waals surface area contributed by atoms with E-state index in [0.717, 1.165) is 10.4 Å². The van der Waals surface area contributed by atoms with Crippen LogP contribution in [0.1, 0.15) is 10.4 Å². The van der Waals surface area contributed by atoms with Crippen LogP contribution in [0.2, 0.25) is 0 Å². The maximum atomic E-state index is 11.3. The molecule has 1 aromatic carbocycles. The van der Waals surface area contributed by atoms with E-state index in [-0.39, 0.29) is 5.56 Å². The van der Waals surface area contributed by atoms with Crippen molar-refractivity contribution in [3.05, 3.63) is 42.0 Å². The van der Waals surface area contributed by atoms with Gasteiger partial charge in [-0.3, -0.25) is 5.32 Å². The van der Waals surface area contributed by atoms with Crippen molar-refractivity contribution >= 4 is 28.3 Å². The van der Waals surface area contributed by atoms with Gasteiger partial charge in [-0.25, -0.2) is 9.59 Å². The van der Waals surface area contributed by atoms with Crippen LogP contribution in [-0.2, 0) is 0 Å². The van der Waals surface area contributed by atoms with Gasteiger partial charge in [0.05, 0.1) is 5.56 Å². The van der Waals surface area contributed by atoms with Gasteiger partial charge in [-0.15, -0.1) is 11.3 Å². The third-order valence-electron chi connectivity index (χ3n) is 2.47. The molecule has 0 unspecified atom stereocenters. The second kappa shape index (κ2) is 5.53. The van der Waals surface area contributed by atoms with Gasteiger partial charge in [0.25, 0.3) is 0 Å². The van der Waals surface area contributed by atoms with Gasteiger partial charge < -0.3 is 10.4 Å². The summed E-state index contributed by atoms with van der Waals surface area (Å²) in [6.45, 7) is 0. The molecule has 5 nitrogen and oxygen atoms in total. The minimum absolute atomic E-state index is 0.0902. The highest BCUT2D eigenvalue weighted by Gasteiger charge is 2.17. The van der Waals surface area contributed by atoms with Crippen molar-refractivity contribution in [1.82, 2.24) is 5.32 Å². The number of carbonyl (C=O) groups excluding carboxylic acids is 1. The van der Waals surface area contributed by atoms with E-state index >= 15 is 0 Å². The summed E-state index contributed by atoms with van der Waals surface area (Å²) in [5.41, 5.74) is 1.01. The second-order valence-electron chi connectivity index (χ2n) is 3.73. The number of amides is 2. The van der Waals surface area contributed by atoms with Crippen LogP contribution in [0.4, 0.5) is 9.80 Å². The number of carboxylic acid groups (broad SMARTS) is 1. The van der Waals surface area contributed by atoms with Gasteiger partial charge in [0, 0.05) is 11.9 Å². The van der Waals surface area contributed by atoms with Crippen molar-refractivity contribution in [3.63, 3.8) is 0 Å². The molecule has 0 radical (unpaired) electrons. The first-order valence-corrected chi connectivity index (χ1v) is 6.34. The quantitative estimate of drug-likeness (QED) is 0.806. The van der Waals surface area contributed by atoms with E-state index in [1.807, 2.05) is 30.3 Å². The van der Waals surface area contributed by atoms with Gasteiger partial charge in [0.15, 0.2) is 0 Å². The van der Waals surface area contributed by atoms with Crippen LogP contribution in [0, 0.1) is 0 Å². The average molecular weight is 276 g/mol. The molecule has 1 heterocycles. The third-order valence-corrected chi connectivity index (χ3v) is 3.57. The van der Waals surface area contributed by atoms with Crippen LogP contribution in [0.5, 0.6) is 0 Å². The molecule has 98 valence electrons. The number of nitrogens with one attached hydrogen (secondary N) is 2. The monoisotopic (exact) mass is 276 g/mol. The summed E-state index contributed by atoms with van der Waals surface area (Å²) in [6.07, 6.45) is 0. The Labute approximate surface area is 113 Å². The second-order valence-corrected chi connectivity index (χ2v) is 4.78. The zero-order valence-corrected chi connectivity index (χ0v) is 11.0. The van der Waals surface area contributed by atoms with Gasteiger partial charge in [0.2, 0.25) is 0 Å². The lowest BCUT2D eigenvalue weighted by Gasteiger charge is -2.01. The van der Waals surface area contributed by atoms with Gasteiger partial charge in [-0.05, 0) is 11.6 Å². The third kappa shape index (κ3) is 2.92. The topological polar surface area (TPSA) is 78.4 Å². The summed E-state index contributed by atoms with van der Waals surface area (Å²) >= 11 is 1.23. The van der Waals surface area contributed by atoms with Crippen molar-refractivity contribution < 1.29 is 14.7 Å². The molecule has 0 spiro atoms. The first kappa shape index (κ1) is 13.1. The van der Waals surface area contributed by atoms with E-state index in [4.69, 9.17) is 5.11 Å². The van der Waals surface area contributed by atoms with Crippen LogP contribution >= 0.6 is 11.3 Å². The predicted molar refractivity (Wildman–Crippen MR) is 74.8 cm³/mol. The number of anilines is 1. The van der Waals surface area contributed by atoms with Gasteiger partial charge >= 0.3 is 12.0 Å². The lowest BCUT2D eigenvalue weighted by Crippen LogP contribution is -2.24. The number of hydrogen-bond acceptors (Lipinski definition) is 3. The number of carboxylic acids is 1. The van der Waals surface area contributed by atoms with E-state index in [1.54, 1.807) is 6.07 Å². The molecule has 3 N–H and O–H groups in total. The molecular formula is C13H12N2O3S. The Hall–Kier alpha value is -2.34. The maximum absolute atomic E-state index is 11.3. The molecule has 2 amide bonds. The number of aromatic carboxylic acids is 1. The molecule has 0 aliphatic carbocycles. The van der Waals surface area contributed by atoms with E-state index in [9.17, 15) is 9.59 Å². The zero-order chi connectivity index (χ0) is 13.8. The summed E-state index contributed by atoms with van der Waals surface area (Å²) in [5, 5.41) is 14.4. The molecule has 0 saturated carbocycles. The molecule has 19 heavy (non-hydrogen) atoms. The number of benzene rings is 1. The first-order valence-electron chi connectivity index (χ1n) is 5.53. The fraction of sp³-hybridized carbons (Fsp3) is 0.0769. The SMILES string of the molecule is CNC(=O)Nc1sc(-c2ccccc2)cc1C(=O)O. The maximum Gasteiger partial charge on any atom is 0.338 e. The number of hydrogen-bond donors (Lipinski definition) is 3. The molecule has 6 heteroatoms. The Morgan fingerprint density at radius 2 is 1.89 bits per heavy atom. The lowest BCUT2D eigenvalue weighted by atomic mass is 10.1. The van der Waals surface area contributed by atoms with E-state index in [2.05, 4.69) is 10.6 Å². The van der Waals surface area contributed by atoms with Crippen molar-refractivity contribution in [1.29, 1.82) is 0 Å². The molecule has 2 aromatic rings. The Kier molecular flexibility index (Phi) is 3.82. The molecule has 0 aliphatic heterocycles. The van der Waals surface area contributed by atoms with Crippen LogP contribution in [-0.4, -0.2) is 24.2 Å². The summed E-state index contributed by atoms with van der Waals surface area (Å²) in [5.74, 6) is -1.06. The number of carbonyl (C=O) groups is 2. The summed E-state index contributed by atoms with van der Waals surface area (Å²) in [6, 6.07) is 10.5. The van der Waals surface area contributed by atoms with E-state index < -0.39 is 12.0 Å². The fourth-order valence-electron chi connectivity index (χ4n) is 1.55. The smallest absolute Gasteiger partial charge is 0.338 e. The summed E-state index contributed by atoms with van der Waals surface area (Å²) in [7, 11) is 1.47. The number of urea groups is 1. The van der Waals surface area contributed by atoms with Crippen LogP contribution < -0.4 is 10.6 Å². The molecule has 0 aliphatic rings. The van der Waals surface area contributed by atoms with Crippen molar-refractivity contribution in [2.75, 3.05) is 12.4 Å². The molecule has 0 fully saturated rings. The highest BCUT2D eigenvalue weighted by Crippen LogP contribution is 2.35. The van der Waals surface area contributed by atoms with Crippen molar-refractivity contribution in [2.24, 2.45) is 0 Å². The molecule has 2 rings (SSSR count). The molecular weight excluding hydrogens is 264 g/mol. The summed E-state index contributed by atoms with van der Waals surface area (Å²) in [4.78, 5) is 23.3. The van der Waals surface area contributed by atoms with Crippen LogP contribution in [0.15, 0.2) is 36.4 Å². The fourth-order valence-corrected chi connectivity index (χ4v) is 2.60. The van der Waals surface area contributed by atoms with Gasteiger partial charge in [-0.1, -0.05) is 30.3 Å². The highest BCUT2D eigenvalue weighted by molar-refractivity contribution is 7.20. The van der Waals surface area contributed by atoms with E-state index in [0.29, 0.717) is 5.00 Å².